The highest BCUT2D eigenvalue weighted by atomic mass is 16.2. The van der Waals surface area contributed by atoms with E-state index >= 15 is 0 Å². The molecule has 3 heterocycles. The van der Waals surface area contributed by atoms with Crippen molar-refractivity contribution in [1.82, 2.24) is 24.7 Å². The van der Waals surface area contributed by atoms with Gasteiger partial charge < -0.3 is 19.7 Å². The maximum absolute atomic E-state index is 13.1. The maximum atomic E-state index is 13.1. The second kappa shape index (κ2) is 10.9. The summed E-state index contributed by atoms with van der Waals surface area (Å²) in [6.45, 7) is 6.13. The van der Waals surface area contributed by atoms with Crippen LogP contribution in [0.1, 0.15) is 37.8 Å². The van der Waals surface area contributed by atoms with Gasteiger partial charge in [0.05, 0.1) is 22.6 Å². The lowest BCUT2D eigenvalue weighted by Gasteiger charge is -2.26. The van der Waals surface area contributed by atoms with E-state index in [0.717, 1.165) is 48.9 Å². The summed E-state index contributed by atoms with van der Waals surface area (Å²) in [5, 5.41) is 6.22. The number of nitrogens with zero attached hydrogens (tertiary/aromatic N) is 4. The molecule has 1 aromatic carbocycles. The zero-order valence-corrected chi connectivity index (χ0v) is 21.1. The average molecular weight is 477 g/mol. The number of hydrogen-bond acceptors (Lipinski definition) is 5. The molecule has 8 nitrogen and oxygen atoms in total. The molecule has 2 N–H and O–H groups in total. The van der Waals surface area contributed by atoms with Gasteiger partial charge in [0.1, 0.15) is 0 Å². The molecule has 2 aliphatic heterocycles. The van der Waals surface area contributed by atoms with Gasteiger partial charge in [0.2, 0.25) is 11.9 Å². The minimum Gasteiger partial charge on any atom is -0.384 e. The zero-order valence-electron chi connectivity index (χ0n) is 21.1. The summed E-state index contributed by atoms with van der Waals surface area (Å²) in [4.78, 5) is 34.8. The van der Waals surface area contributed by atoms with Crippen LogP contribution in [-0.4, -0.2) is 70.9 Å². The smallest absolute Gasteiger partial charge is 0.259 e. The van der Waals surface area contributed by atoms with Crippen LogP contribution in [0.4, 0.5) is 5.95 Å². The van der Waals surface area contributed by atoms with Gasteiger partial charge in [-0.1, -0.05) is 24.3 Å². The van der Waals surface area contributed by atoms with Gasteiger partial charge in [0, 0.05) is 38.0 Å². The van der Waals surface area contributed by atoms with Crippen molar-refractivity contribution in [3.63, 3.8) is 0 Å². The molecule has 1 aromatic heterocycles. The van der Waals surface area contributed by atoms with Crippen molar-refractivity contribution in [2.24, 2.45) is 0 Å². The fourth-order valence-corrected chi connectivity index (χ4v) is 4.65. The predicted octanol–water partition coefficient (Wildman–Crippen LogP) is 3.39. The van der Waals surface area contributed by atoms with E-state index in [1.807, 2.05) is 61.2 Å². The number of para-hydroxylation sites is 1. The Morgan fingerprint density at radius 1 is 1.29 bits per heavy atom. The summed E-state index contributed by atoms with van der Waals surface area (Å²) < 4.78 is 2.14. The first-order valence-corrected chi connectivity index (χ1v) is 12.4. The molecule has 4 rings (SSSR count). The van der Waals surface area contributed by atoms with Crippen LogP contribution in [-0.2, 0) is 9.59 Å². The predicted molar refractivity (Wildman–Crippen MR) is 140 cm³/mol. The molecular formula is C27H36N6O2. The largest absolute Gasteiger partial charge is 0.384 e. The van der Waals surface area contributed by atoms with Gasteiger partial charge in [0.15, 0.2) is 0 Å². The lowest BCUT2D eigenvalue weighted by atomic mass is 10.1. The Morgan fingerprint density at radius 3 is 2.86 bits per heavy atom. The van der Waals surface area contributed by atoms with Crippen molar-refractivity contribution in [3.8, 4) is 0 Å². The molecule has 1 saturated heterocycles. The molecule has 2 aliphatic rings. The number of aromatic nitrogens is 2. The van der Waals surface area contributed by atoms with E-state index in [1.165, 1.54) is 0 Å². The molecule has 8 heteroatoms. The molecule has 2 aromatic rings. The third kappa shape index (κ3) is 5.82. The second-order valence-corrected chi connectivity index (χ2v) is 9.71. The number of carbonyl (C=O) groups excluding carboxylic acids is 2. The molecule has 186 valence electrons. The number of rotatable bonds is 6. The Hall–Kier alpha value is -3.39. The van der Waals surface area contributed by atoms with Crippen LogP contribution in [0.3, 0.4) is 0 Å². The molecule has 0 radical (unpaired) electrons. The summed E-state index contributed by atoms with van der Waals surface area (Å²) in [6.07, 6.45) is 12.0. The van der Waals surface area contributed by atoms with Gasteiger partial charge >= 0.3 is 0 Å². The van der Waals surface area contributed by atoms with Gasteiger partial charge in [-0.25, -0.2) is 4.98 Å². The first-order chi connectivity index (χ1) is 16.8. The van der Waals surface area contributed by atoms with Crippen molar-refractivity contribution < 1.29 is 9.59 Å². The highest BCUT2D eigenvalue weighted by molar-refractivity contribution is 6.05. The second-order valence-electron chi connectivity index (χ2n) is 9.71. The molecule has 2 amide bonds. The first-order valence-electron chi connectivity index (χ1n) is 12.4. The van der Waals surface area contributed by atoms with Crippen molar-refractivity contribution in [2.75, 3.05) is 39.0 Å². The van der Waals surface area contributed by atoms with Gasteiger partial charge in [-0.05, 0) is 64.9 Å². The number of aryl methyl sites for hydroxylation is 1. The summed E-state index contributed by atoms with van der Waals surface area (Å²) in [5.74, 6) is 0.348. The van der Waals surface area contributed by atoms with Crippen molar-refractivity contribution >= 4 is 28.8 Å². The van der Waals surface area contributed by atoms with Crippen LogP contribution in [0.2, 0.25) is 0 Å². The van der Waals surface area contributed by atoms with Crippen molar-refractivity contribution in [2.45, 2.75) is 45.2 Å². The fourth-order valence-electron chi connectivity index (χ4n) is 4.65. The topological polar surface area (TPSA) is 82.5 Å². The minimum atomic E-state index is -0.206. The van der Waals surface area contributed by atoms with Gasteiger partial charge in [-0.3, -0.25) is 14.9 Å². The van der Waals surface area contributed by atoms with E-state index in [2.05, 4.69) is 28.2 Å². The minimum absolute atomic E-state index is 0.0131. The third-order valence-corrected chi connectivity index (χ3v) is 6.52. The summed E-state index contributed by atoms with van der Waals surface area (Å²) in [6, 6.07) is 6.23. The fraction of sp³-hybridized carbons (Fsp3) is 0.444. The zero-order chi connectivity index (χ0) is 24.9. The molecule has 35 heavy (non-hydrogen) atoms. The number of fused-ring (bicyclic) bond motifs is 1. The van der Waals surface area contributed by atoms with Crippen LogP contribution in [0, 0.1) is 6.92 Å². The quantitative estimate of drug-likeness (QED) is 0.625. The number of nitrogens with one attached hydrogen (secondary N) is 2. The Bertz CT molecular complexity index is 1180. The molecule has 0 bridgehead atoms. The van der Waals surface area contributed by atoms with Crippen LogP contribution in [0.5, 0.6) is 0 Å². The number of carbonyl (C=O) groups is 2. The monoisotopic (exact) mass is 476 g/mol. The van der Waals surface area contributed by atoms with Crippen molar-refractivity contribution in [1.29, 1.82) is 0 Å². The number of amides is 2. The Labute approximate surface area is 207 Å². The molecule has 0 aliphatic carbocycles. The normalized spacial score (nSPS) is 20.7. The Balaban J connectivity index is 1.65. The third-order valence-electron chi connectivity index (χ3n) is 6.52. The molecule has 0 spiro atoms. The number of hydrogen-bond donors (Lipinski definition) is 2. The summed E-state index contributed by atoms with van der Waals surface area (Å²) in [5.41, 5.74) is 3.50. The van der Waals surface area contributed by atoms with Crippen LogP contribution < -0.4 is 10.6 Å². The summed E-state index contributed by atoms with van der Waals surface area (Å²) in [7, 11) is 3.96. The molecular weight excluding hydrogens is 440 g/mol. The maximum Gasteiger partial charge on any atom is 0.259 e. The van der Waals surface area contributed by atoms with Crippen LogP contribution in [0.25, 0.3) is 11.0 Å². The number of dihydropyridines is 1. The van der Waals surface area contributed by atoms with E-state index < -0.39 is 0 Å². The molecule has 2 atom stereocenters. The summed E-state index contributed by atoms with van der Waals surface area (Å²) >= 11 is 0. The SMILES string of the molecule is Cc1cccc2nc(NC(=O)C3=CNC(C)C=C3)n(C3CCCCN(C(=O)/C=C/CN(C)C)C3)c12. The number of anilines is 1. The number of benzene rings is 1. The van der Waals surface area contributed by atoms with E-state index in [9.17, 15) is 9.59 Å². The van der Waals surface area contributed by atoms with Gasteiger partial charge in [-0.15, -0.1) is 0 Å². The molecule has 1 fully saturated rings. The molecule has 2 unspecified atom stereocenters. The number of imidazole rings is 1. The Morgan fingerprint density at radius 2 is 2.11 bits per heavy atom. The average Bonchev–Trinajstić information content (AvgIpc) is 3.01. The first kappa shape index (κ1) is 24.7. The number of likely N-dealkylation sites (tertiary alicyclic amines) is 1. The highest BCUT2D eigenvalue weighted by Gasteiger charge is 2.27. The van der Waals surface area contributed by atoms with Crippen LogP contribution >= 0.6 is 0 Å². The van der Waals surface area contributed by atoms with Crippen molar-refractivity contribution in [3.05, 3.63) is 59.8 Å². The van der Waals surface area contributed by atoms with E-state index in [4.69, 9.17) is 4.98 Å². The standard InChI is InChI=1S/C27H36N6O2/c1-19-9-7-11-23-25(19)33(27(29-23)30-26(35)21-14-13-20(2)28-17-21)22-10-5-6-16-32(18-22)24(34)12-8-15-31(3)4/h7-9,11-14,17,20,22,28H,5-6,10,15-16,18H2,1-4H3,(H,29,30,35)/b12-8+. The van der Waals surface area contributed by atoms with E-state index in [0.29, 0.717) is 18.1 Å². The lowest BCUT2D eigenvalue weighted by Crippen LogP contribution is -2.35. The Kier molecular flexibility index (Phi) is 7.70. The lowest BCUT2D eigenvalue weighted by molar-refractivity contribution is -0.126. The van der Waals surface area contributed by atoms with E-state index in [-0.39, 0.29) is 23.9 Å². The highest BCUT2D eigenvalue weighted by Crippen LogP contribution is 2.32. The van der Waals surface area contributed by atoms with Gasteiger partial charge in [-0.2, -0.15) is 0 Å². The molecule has 0 saturated carbocycles. The van der Waals surface area contributed by atoms with Crippen LogP contribution in [0.15, 0.2) is 54.3 Å². The number of likely N-dealkylation sites (N-methyl/N-ethyl adjacent to an activating group) is 1. The van der Waals surface area contributed by atoms with Gasteiger partial charge in [0.25, 0.3) is 5.91 Å². The van der Waals surface area contributed by atoms with E-state index in [1.54, 1.807) is 12.3 Å².